The van der Waals surface area contributed by atoms with Crippen LogP contribution in [0.1, 0.15) is 30.0 Å². The van der Waals surface area contributed by atoms with Gasteiger partial charge in [0.25, 0.3) is 0 Å². The summed E-state index contributed by atoms with van der Waals surface area (Å²) in [5.74, 6) is 0. The third kappa shape index (κ3) is 3.71. The fourth-order valence-electron chi connectivity index (χ4n) is 3.39. The summed E-state index contributed by atoms with van der Waals surface area (Å²) < 4.78 is 4.85. The molecule has 2 aromatic rings. The van der Waals surface area contributed by atoms with Gasteiger partial charge in [-0.25, -0.2) is 4.79 Å². The Morgan fingerprint density at radius 2 is 1.65 bits per heavy atom. The largest absolute Gasteiger partial charge is 0.505 e. The van der Waals surface area contributed by atoms with Gasteiger partial charge in [0, 0.05) is 6.04 Å². The molecule has 2 aromatic carbocycles. The van der Waals surface area contributed by atoms with Crippen LogP contribution in [-0.4, -0.2) is 35.4 Å². The Hall–Kier alpha value is -2.33. The van der Waals surface area contributed by atoms with Crippen LogP contribution in [0.25, 0.3) is 0 Å². The van der Waals surface area contributed by atoms with Crippen molar-refractivity contribution in [2.45, 2.75) is 24.9 Å². The van der Waals surface area contributed by atoms with Crippen molar-refractivity contribution in [2.24, 2.45) is 0 Å². The van der Waals surface area contributed by atoms with E-state index >= 15 is 0 Å². The van der Waals surface area contributed by atoms with Gasteiger partial charge in [0.15, 0.2) is 0 Å². The first kappa shape index (κ1) is 15.6. The second-order valence-electron chi connectivity index (χ2n) is 5.83. The lowest BCUT2D eigenvalue weighted by Crippen LogP contribution is -2.37. The van der Waals surface area contributed by atoms with Crippen molar-refractivity contribution in [1.29, 1.82) is 0 Å². The van der Waals surface area contributed by atoms with Crippen LogP contribution in [0.15, 0.2) is 60.7 Å². The molecule has 0 amide bonds. The number of nitrogens with zero attached hydrogens (tertiary/aromatic N) is 1. The molecule has 0 saturated carbocycles. The lowest BCUT2D eigenvalue weighted by atomic mass is 9.96. The highest BCUT2D eigenvalue weighted by Crippen LogP contribution is 2.34. The van der Waals surface area contributed by atoms with Gasteiger partial charge in [-0.15, -0.1) is 0 Å². The van der Waals surface area contributed by atoms with E-state index in [1.54, 1.807) is 0 Å². The predicted molar refractivity (Wildman–Crippen MR) is 88.4 cm³/mol. The van der Waals surface area contributed by atoms with Crippen LogP contribution in [0.4, 0.5) is 4.79 Å². The van der Waals surface area contributed by atoms with Crippen LogP contribution in [0.2, 0.25) is 0 Å². The van der Waals surface area contributed by atoms with Crippen molar-refractivity contribution in [2.75, 3.05) is 13.2 Å². The summed E-state index contributed by atoms with van der Waals surface area (Å²) >= 11 is 0. The van der Waals surface area contributed by atoms with Gasteiger partial charge < -0.3 is 9.84 Å². The second kappa shape index (κ2) is 7.29. The van der Waals surface area contributed by atoms with Crippen molar-refractivity contribution in [3.05, 3.63) is 71.8 Å². The zero-order valence-corrected chi connectivity index (χ0v) is 13.0. The zero-order valence-electron chi connectivity index (χ0n) is 13.0. The van der Waals surface area contributed by atoms with Gasteiger partial charge in [0.1, 0.15) is 6.61 Å². The summed E-state index contributed by atoms with van der Waals surface area (Å²) in [7, 11) is 0. The first-order valence-corrected chi connectivity index (χ1v) is 7.97. The molecule has 0 bridgehead atoms. The molecule has 4 nitrogen and oxygen atoms in total. The van der Waals surface area contributed by atoms with E-state index in [2.05, 4.69) is 29.2 Å². The standard InChI is InChI=1S/C19H21NO3/c21-19(22)23-14-17-12-7-13-20(17)18(15-8-3-1-4-9-15)16-10-5-2-6-11-16/h1-6,8-11,17-18H,7,12-14H2,(H,21,22). The summed E-state index contributed by atoms with van der Waals surface area (Å²) in [4.78, 5) is 13.1. The predicted octanol–water partition coefficient (Wildman–Crippen LogP) is 3.94. The fraction of sp³-hybridized carbons (Fsp3) is 0.316. The van der Waals surface area contributed by atoms with Gasteiger partial charge in [0.2, 0.25) is 0 Å². The molecule has 1 aliphatic rings. The molecular formula is C19H21NO3. The van der Waals surface area contributed by atoms with Crippen molar-refractivity contribution >= 4 is 6.16 Å². The lowest BCUT2D eigenvalue weighted by molar-refractivity contribution is 0.0600. The average Bonchev–Trinajstić information content (AvgIpc) is 3.03. The number of rotatable bonds is 5. The highest BCUT2D eigenvalue weighted by molar-refractivity contribution is 5.56. The van der Waals surface area contributed by atoms with Crippen LogP contribution in [0.3, 0.4) is 0 Å². The third-order valence-corrected chi connectivity index (χ3v) is 4.38. The van der Waals surface area contributed by atoms with Crippen LogP contribution >= 0.6 is 0 Å². The van der Waals surface area contributed by atoms with Gasteiger partial charge in [-0.05, 0) is 30.5 Å². The monoisotopic (exact) mass is 311 g/mol. The van der Waals surface area contributed by atoms with Crippen LogP contribution < -0.4 is 0 Å². The summed E-state index contributed by atoms with van der Waals surface area (Å²) in [5.41, 5.74) is 2.45. The number of likely N-dealkylation sites (tertiary alicyclic amines) is 1. The van der Waals surface area contributed by atoms with Gasteiger partial charge in [-0.2, -0.15) is 0 Å². The molecule has 120 valence electrons. The summed E-state index contributed by atoms with van der Waals surface area (Å²) in [6.07, 6.45) is 0.820. The molecule has 1 heterocycles. The fourth-order valence-corrected chi connectivity index (χ4v) is 3.39. The maximum absolute atomic E-state index is 10.7. The molecule has 0 aliphatic carbocycles. The number of benzene rings is 2. The molecule has 3 rings (SSSR count). The topological polar surface area (TPSA) is 49.8 Å². The van der Waals surface area contributed by atoms with Gasteiger partial charge in [-0.3, -0.25) is 4.90 Å². The first-order valence-electron chi connectivity index (χ1n) is 7.97. The van der Waals surface area contributed by atoms with Crippen molar-refractivity contribution in [3.63, 3.8) is 0 Å². The third-order valence-electron chi connectivity index (χ3n) is 4.38. The van der Waals surface area contributed by atoms with E-state index in [1.807, 2.05) is 36.4 Å². The lowest BCUT2D eigenvalue weighted by Gasteiger charge is -2.33. The van der Waals surface area contributed by atoms with E-state index in [1.165, 1.54) is 11.1 Å². The Morgan fingerprint density at radius 3 is 2.17 bits per heavy atom. The molecule has 1 unspecified atom stereocenters. The van der Waals surface area contributed by atoms with E-state index in [0.717, 1.165) is 19.4 Å². The molecule has 1 N–H and O–H groups in total. The molecule has 0 radical (unpaired) electrons. The molecule has 0 aromatic heterocycles. The SMILES string of the molecule is O=C(O)OCC1CCCN1C(c1ccccc1)c1ccccc1. The Balaban J connectivity index is 1.90. The van der Waals surface area contributed by atoms with E-state index in [0.29, 0.717) is 0 Å². The molecule has 23 heavy (non-hydrogen) atoms. The molecule has 0 spiro atoms. The maximum Gasteiger partial charge on any atom is 0.505 e. The minimum Gasteiger partial charge on any atom is -0.450 e. The summed E-state index contributed by atoms with van der Waals surface area (Å²) in [6, 6.07) is 21.0. The minimum atomic E-state index is -1.20. The number of hydrogen-bond donors (Lipinski definition) is 1. The Kier molecular flexibility index (Phi) is 4.93. The smallest absolute Gasteiger partial charge is 0.450 e. The van der Waals surface area contributed by atoms with Gasteiger partial charge in [0.05, 0.1) is 6.04 Å². The van der Waals surface area contributed by atoms with E-state index in [4.69, 9.17) is 9.84 Å². The molecule has 1 fully saturated rings. The van der Waals surface area contributed by atoms with Crippen molar-refractivity contribution in [3.8, 4) is 0 Å². The molecule has 1 saturated heterocycles. The molecule has 1 atom stereocenters. The molecular weight excluding hydrogens is 290 g/mol. The maximum atomic E-state index is 10.7. The van der Waals surface area contributed by atoms with E-state index in [9.17, 15) is 4.79 Å². The highest BCUT2D eigenvalue weighted by Gasteiger charge is 2.33. The minimum absolute atomic E-state index is 0.122. The average molecular weight is 311 g/mol. The van der Waals surface area contributed by atoms with Crippen molar-refractivity contribution < 1.29 is 14.6 Å². The molecule has 1 aliphatic heterocycles. The Labute approximate surface area is 136 Å². The Bertz CT molecular complexity index is 590. The van der Waals surface area contributed by atoms with Crippen molar-refractivity contribution in [1.82, 2.24) is 4.90 Å². The van der Waals surface area contributed by atoms with Crippen LogP contribution in [0.5, 0.6) is 0 Å². The highest BCUT2D eigenvalue weighted by atomic mass is 16.7. The van der Waals surface area contributed by atoms with E-state index < -0.39 is 6.16 Å². The Morgan fingerprint density at radius 1 is 1.09 bits per heavy atom. The zero-order chi connectivity index (χ0) is 16.1. The summed E-state index contributed by atoms with van der Waals surface area (Å²) in [5, 5.41) is 8.79. The summed E-state index contributed by atoms with van der Waals surface area (Å²) in [6.45, 7) is 1.17. The van der Waals surface area contributed by atoms with E-state index in [-0.39, 0.29) is 18.7 Å². The first-order chi connectivity index (χ1) is 11.3. The van der Waals surface area contributed by atoms with Crippen LogP contribution in [-0.2, 0) is 4.74 Å². The second-order valence-corrected chi connectivity index (χ2v) is 5.83. The molecule has 4 heteroatoms. The van der Waals surface area contributed by atoms with Crippen LogP contribution in [0, 0.1) is 0 Å². The number of carboxylic acid groups (broad SMARTS) is 1. The van der Waals surface area contributed by atoms with Gasteiger partial charge in [-0.1, -0.05) is 60.7 Å². The normalized spacial score (nSPS) is 18.2. The van der Waals surface area contributed by atoms with Gasteiger partial charge >= 0.3 is 6.16 Å². The quantitative estimate of drug-likeness (QED) is 0.850. The number of ether oxygens (including phenoxy) is 1. The number of carbonyl (C=O) groups is 1. The number of hydrogen-bond acceptors (Lipinski definition) is 3.